The van der Waals surface area contributed by atoms with Crippen molar-refractivity contribution in [1.29, 1.82) is 0 Å². The van der Waals surface area contributed by atoms with E-state index in [-0.39, 0.29) is 6.61 Å². The van der Waals surface area contributed by atoms with Gasteiger partial charge in [-0.05, 0) is 0 Å². The highest BCUT2D eigenvalue weighted by Crippen LogP contribution is 1.86. The van der Waals surface area contributed by atoms with E-state index in [0.717, 1.165) is 6.92 Å². The molecule has 76 valence electrons. The van der Waals surface area contributed by atoms with Crippen LogP contribution in [0.2, 0.25) is 0 Å². The number of aliphatic hydroxyl groups is 2. The van der Waals surface area contributed by atoms with E-state index in [2.05, 4.69) is 9.47 Å². The third kappa shape index (κ3) is 7.38. The van der Waals surface area contributed by atoms with Crippen molar-refractivity contribution in [3.63, 3.8) is 0 Å². The first kappa shape index (κ1) is 12.0. The SMILES string of the molecule is CC(=O)OC(=O)COCC(O)CO. The molecule has 2 N–H and O–H groups in total. The Balaban J connectivity index is 3.42. The number of carbonyl (C=O) groups is 2. The number of aliphatic hydroxyl groups excluding tert-OH is 2. The van der Waals surface area contributed by atoms with Crippen LogP contribution in [-0.4, -0.2) is 48.1 Å². The number of rotatable bonds is 5. The van der Waals surface area contributed by atoms with Crippen LogP contribution in [0.4, 0.5) is 0 Å². The summed E-state index contributed by atoms with van der Waals surface area (Å²) >= 11 is 0. The summed E-state index contributed by atoms with van der Waals surface area (Å²) in [5.41, 5.74) is 0. The van der Waals surface area contributed by atoms with Gasteiger partial charge < -0.3 is 19.7 Å². The molecule has 0 aliphatic heterocycles. The number of ether oxygens (including phenoxy) is 2. The third-order valence-electron chi connectivity index (χ3n) is 0.998. The zero-order valence-corrected chi connectivity index (χ0v) is 7.23. The number of hydrogen-bond donors (Lipinski definition) is 2. The average molecular weight is 192 g/mol. The summed E-state index contributed by atoms with van der Waals surface area (Å²) in [6.07, 6.45) is -1.02. The lowest BCUT2D eigenvalue weighted by Gasteiger charge is -2.06. The highest BCUT2D eigenvalue weighted by atomic mass is 16.6. The topological polar surface area (TPSA) is 93.1 Å². The van der Waals surface area contributed by atoms with Crippen molar-refractivity contribution in [3.8, 4) is 0 Å². The van der Waals surface area contributed by atoms with Crippen molar-refractivity contribution < 1.29 is 29.3 Å². The quantitative estimate of drug-likeness (QED) is 0.404. The largest absolute Gasteiger partial charge is 0.394 e. The lowest BCUT2D eigenvalue weighted by atomic mass is 10.4. The molecule has 13 heavy (non-hydrogen) atoms. The van der Waals surface area contributed by atoms with E-state index in [1.54, 1.807) is 0 Å². The Hall–Kier alpha value is -0.980. The van der Waals surface area contributed by atoms with Crippen molar-refractivity contribution >= 4 is 11.9 Å². The molecule has 6 nitrogen and oxygen atoms in total. The standard InChI is InChI=1S/C7H12O6/c1-5(9)13-7(11)4-12-3-6(10)2-8/h6,8,10H,2-4H2,1H3. The Morgan fingerprint density at radius 1 is 1.46 bits per heavy atom. The van der Waals surface area contributed by atoms with Gasteiger partial charge in [0.15, 0.2) is 0 Å². The van der Waals surface area contributed by atoms with Crippen LogP contribution in [0.3, 0.4) is 0 Å². The molecule has 0 bridgehead atoms. The van der Waals surface area contributed by atoms with Gasteiger partial charge in [0, 0.05) is 6.92 Å². The molecule has 0 aliphatic rings. The van der Waals surface area contributed by atoms with Gasteiger partial charge in [-0.2, -0.15) is 0 Å². The van der Waals surface area contributed by atoms with Crippen LogP contribution >= 0.6 is 0 Å². The Morgan fingerprint density at radius 2 is 2.08 bits per heavy atom. The average Bonchev–Trinajstić information content (AvgIpc) is 2.02. The summed E-state index contributed by atoms with van der Waals surface area (Å²) in [5.74, 6) is -1.53. The predicted octanol–water partition coefficient (Wildman–Crippen LogP) is -1.55. The van der Waals surface area contributed by atoms with E-state index in [4.69, 9.17) is 10.2 Å². The molecule has 0 radical (unpaired) electrons. The van der Waals surface area contributed by atoms with Crippen molar-refractivity contribution in [3.05, 3.63) is 0 Å². The second-order valence-electron chi connectivity index (χ2n) is 2.32. The normalized spacial score (nSPS) is 12.2. The van der Waals surface area contributed by atoms with Crippen LogP contribution in [0.5, 0.6) is 0 Å². The Labute approximate surface area is 75.1 Å². The first-order valence-electron chi connectivity index (χ1n) is 3.64. The van der Waals surface area contributed by atoms with Crippen LogP contribution in [0.15, 0.2) is 0 Å². The molecule has 1 atom stereocenters. The molecule has 0 aromatic rings. The minimum absolute atomic E-state index is 0.177. The van der Waals surface area contributed by atoms with Crippen molar-refractivity contribution in [1.82, 2.24) is 0 Å². The number of esters is 2. The van der Waals surface area contributed by atoms with Crippen molar-refractivity contribution in [2.45, 2.75) is 13.0 Å². The van der Waals surface area contributed by atoms with Gasteiger partial charge in [-0.25, -0.2) is 4.79 Å². The van der Waals surface area contributed by atoms with Crippen LogP contribution in [0, 0.1) is 0 Å². The van der Waals surface area contributed by atoms with E-state index in [9.17, 15) is 9.59 Å². The molecule has 0 aliphatic carbocycles. The zero-order chi connectivity index (χ0) is 10.3. The van der Waals surface area contributed by atoms with Crippen LogP contribution in [0.25, 0.3) is 0 Å². The van der Waals surface area contributed by atoms with Crippen molar-refractivity contribution in [2.24, 2.45) is 0 Å². The maximum atomic E-state index is 10.6. The summed E-state index contributed by atoms with van der Waals surface area (Å²) in [7, 11) is 0. The molecule has 6 heteroatoms. The van der Waals surface area contributed by atoms with Gasteiger partial charge in [-0.3, -0.25) is 4.79 Å². The predicted molar refractivity (Wildman–Crippen MR) is 40.7 cm³/mol. The summed E-state index contributed by atoms with van der Waals surface area (Å²) in [6, 6.07) is 0. The Morgan fingerprint density at radius 3 is 2.54 bits per heavy atom. The first-order chi connectivity index (χ1) is 6.06. The fraction of sp³-hybridized carbons (Fsp3) is 0.714. The molecule has 0 heterocycles. The number of hydrogen-bond acceptors (Lipinski definition) is 6. The van der Waals surface area contributed by atoms with Gasteiger partial charge in [0.05, 0.1) is 13.2 Å². The number of carbonyl (C=O) groups excluding carboxylic acids is 2. The lowest BCUT2D eigenvalue weighted by Crippen LogP contribution is -2.23. The van der Waals surface area contributed by atoms with E-state index >= 15 is 0 Å². The molecular weight excluding hydrogens is 180 g/mol. The second kappa shape index (κ2) is 6.53. The summed E-state index contributed by atoms with van der Waals surface area (Å²) in [4.78, 5) is 20.8. The van der Waals surface area contributed by atoms with Gasteiger partial charge in [-0.15, -0.1) is 0 Å². The van der Waals surface area contributed by atoms with E-state index < -0.39 is 31.3 Å². The van der Waals surface area contributed by atoms with Crippen LogP contribution in [0.1, 0.15) is 6.92 Å². The molecule has 0 saturated carbocycles. The van der Waals surface area contributed by atoms with E-state index in [0.29, 0.717) is 0 Å². The summed E-state index contributed by atoms with van der Waals surface area (Å²) < 4.78 is 8.73. The molecule has 0 fully saturated rings. The minimum atomic E-state index is -1.02. The van der Waals surface area contributed by atoms with Gasteiger partial charge in [-0.1, -0.05) is 0 Å². The molecule has 0 rings (SSSR count). The molecule has 0 spiro atoms. The molecular formula is C7H12O6. The fourth-order valence-corrected chi connectivity index (χ4v) is 0.521. The smallest absolute Gasteiger partial charge is 0.339 e. The van der Waals surface area contributed by atoms with E-state index in [1.807, 2.05) is 0 Å². The molecule has 0 amide bonds. The third-order valence-corrected chi connectivity index (χ3v) is 0.998. The zero-order valence-electron chi connectivity index (χ0n) is 7.23. The monoisotopic (exact) mass is 192 g/mol. The van der Waals surface area contributed by atoms with Gasteiger partial charge in [0.25, 0.3) is 0 Å². The van der Waals surface area contributed by atoms with Gasteiger partial charge >= 0.3 is 11.9 Å². The summed E-state index contributed by atoms with van der Waals surface area (Å²) in [5, 5.41) is 17.1. The maximum absolute atomic E-state index is 10.6. The van der Waals surface area contributed by atoms with Crippen LogP contribution < -0.4 is 0 Å². The second-order valence-corrected chi connectivity index (χ2v) is 2.32. The molecule has 0 saturated heterocycles. The lowest BCUT2D eigenvalue weighted by molar-refractivity contribution is -0.162. The Bertz CT molecular complexity index is 178. The Kier molecular flexibility index (Phi) is 6.03. The van der Waals surface area contributed by atoms with Crippen molar-refractivity contribution in [2.75, 3.05) is 19.8 Å². The highest BCUT2D eigenvalue weighted by Gasteiger charge is 2.07. The highest BCUT2D eigenvalue weighted by molar-refractivity contribution is 5.84. The minimum Gasteiger partial charge on any atom is -0.394 e. The first-order valence-corrected chi connectivity index (χ1v) is 3.64. The molecule has 1 unspecified atom stereocenters. The maximum Gasteiger partial charge on any atom is 0.339 e. The van der Waals surface area contributed by atoms with Gasteiger partial charge in [0.2, 0.25) is 0 Å². The molecule has 0 aromatic heterocycles. The van der Waals surface area contributed by atoms with E-state index in [1.165, 1.54) is 0 Å². The summed E-state index contributed by atoms with van der Waals surface area (Å²) in [6.45, 7) is 0.0579. The van der Waals surface area contributed by atoms with Gasteiger partial charge in [0.1, 0.15) is 12.7 Å². The fourth-order valence-electron chi connectivity index (χ4n) is 0.521. The molecule has 0 aromatic carbocycles. The van der Waals surface area contributed by atoms with Crippen LogP contribution in [-0.2, 0) is 19.1 Å².